The second-order valence-electron chi connectivity index (χ2n) is 6.59. The maximum Gasteiger partial charge on any atom is 0.320 e. The Morgan fingerprint density at radius 2 is 1.97 bits per heavy atom. The number of hydrogen-bond acceptors (Lipinski definition) is 6. The number of pyridine rings is 2. The summed E-state index contributed by atoms with van der Waals surface area (Å²) < 4.78 is 0. The van der Waals surface area contributed by atoms with Crippen molar-refractivity contribution in [3.63, 3.8) is 0 Å². The van der Waals surface area contributed by atoms with E-state index < -0.39 is 0 Å². The average molecular weight is 398 g/mol. The predicted molar refractivity (Wildman–Crippen MR) is 113 cm³/mol. The highest BCUT2D eigenvalue weighted by atomic mass is 16.2. The van der Waals surface area contributed by atoms with E-state index in [1.54, 1.807) is 30.6 Å². The first kappa shape index (κ1) is 18.9. The number of nitrogens with one attached hydrogen (secondary N) is 4. The van der Waals surface area contributed by atoms with E-state index in [0.717, 1.165) is 10.9 Å². The second-order valence-corrected chi connectivity index (χ2v) is 6.59. The first-order valence-corrected chi connectivity index (χ1v) is 9.22. The van der Waals surface area contributed by atoms with E-state index in [1.807, 2.05) is 43.3 Å². The van der Waals surface area contributed by atoms with E-state index in [9.17, 15) is 4.79 Å². The van der Waals surface area contributed by atoms with E-state index in [0.29, 0.717) is 28.5 Å². The van der Waals surface area contributed by atoms with Gasteiger partial charge in [0.25, 0.3) is 0 Å². The van der Waals surface area contributed by atoms with Gasteiger partial charge in [-0.15, -0.1) is 0 Å². The van der Waals surface area contributed by atoms with Gasteiger partial charge in [0, 0.05) is 12.3 Å². The summed E-state index contributed by atoms with van der Waals surface area (Å²) in [4.78, 5) is 20.6. The Bertz CT molecular complexity index is 1210. The predicted octanol–water partition coefficient (Wildman–Crippen LogP) is 3.85. The van der Waals surface area contributed by atoms with Crippen LogP contribution in [0.25, 0.3) is 10.9 Å². The Labute approximate surface area is 172 Å². The molecule has 2 amide bonds. The smallest absolute Gasteiger partial charge is 0.320 e. The Hall–Kier alpha value is -4.45. The molecule has 148 valence electrons. The molecule has 3 heterocycles. The molecule has 0 spiro atoms. The third-order valence-corrected chi connectivity index (χ3v) is 4.48. The summed E-state index contributed by atoms with van der Waals surface area (Å²) in [7, 11) is 0. The number of H-pyrrole nitrogens is 1. The monoisotopic (exact) mass is 398 g/mol. The Morgan fingerprint density at radius 1 is 1.13 bits per heavy atom. The van der Waals surface area contributed by atoms with Crippen molar-refractivity contribution in [3.8, 4) is 6.07 Å². The van der Waals surface area contributed by atoms with Crippen molar-refractivity contribution in [1.29, 1.82) is 5.26 Å². The fourth-order valence-electron chi connectivity index (χ4n) is 2.92. The molecular formula is C21H18N8O. The third kappa shape index (κ3) is 4.18. The number of aromatic amines is 1. The van der Waals surface area contributed by atoms with E-state index in [-0.39, 0.29) is 12.1 Å². The van der Waals surface area contributed by atoms with Crippen LogP contribution >= 0.6 is 0 Å². The molecule has 0 radical (unpaired) electrons. The number of rotatable bonds is 5. The van der Waals surface area contributed by atoms with Crippen LogP contribution in [0.3, 0.4) is 0 Å². The molecule has 3 aromatic heterocycles. The van der Waals surface area contributed by atoms with E-state index in [2.05, 4.69) is 36.1 Å². The van der Waals surface area contributed by atoms with Gasteiger partial charge in [-0.25, -0.2) is 14.8 Å². The van der Waals surface area contributed by atoms with Gasteiger partial charge in [0.2, 0.25) is 0 Å². The summed E-state index contributed by atoms with van der Waals surface area (Å²) in [5.41, 5.74) is 2.75. The van der Waals surface area contributed by atoms with Crippen LogP contribution in [-0.2, 0) is 0 Å². The lowest BCUT2D eigenvalue weighted by atomic mass is 10.1. The van der Waals surface area contributed by atoms with E-state index in [1.165, 1.54) is 0 Å². The van der Waals surface area contributed by atoms with Gasteiger partial charge in [-0.1, -0.05) is 30.3 Å². The van der Waals surface area contributed by atoms with Crippen molar-refractivity contribution in [3.05, 3.63) is 72.2 Å². The van der Waals surface area contributed by atoms with E-state index in [4.69, 9.17) is 5.26 Å². The van der Waals surface area contributed by atoms with Crippen molar-refractivity contribution in [2.24, 2.45) is 0 Å². The van der Waals surface area contributed by atoms with Gasteiger partial charge < -0.3 is 10.6 Å². The highest BCUT2D eigenvalue weighted by molar-refractivity contribution is 5.95. The molecule has 0 saturated carbocycles. The third-order valence-electron chi connectivity index (χ3n) is 4.48. The minimum Gasteiger partial charge on any atom is -0.337 e. The number of fused-ring (bicyclic) bond motifs is 1. The van der Waals surface area contributed by atoms with Crippen molar-refractivity contribution in [2.45, 2.75) is 13.0 Å². The normalized spacial score (nSPS) is 11.5. The number of nitrogens with zero attached hydrogens (tertiary/aromatic N) is 4. The van der Waals surface area contributed by atoms with Crippen molar-refractivity contribution in [1.82, 2.24) is 25.5 Å². The van der Waals surface area contributed by atoms with Crippen LogP contribution in [0.2, 0.25) is 0 Å². The molecular weight excluding hydrogens is 380 g/mol. The minimum absolute atomic E-state index is 0.140. The van der Waals surface area contributed by atoms with E-state index >= 15 is 0 Å². The number of benzene rings is 1. The summed E-state index contributed by atoms with van der Waals surface area (Å²) in [6, 6.07) is 16.3. The van der Waals surface area contributed by atoms with Gasteiger partial charge in [0.1, 0.15) is 17.6 Å². The molecule has 1 aromatic carbocycles. The molecule has 1 atom stereocenters. The topological polar surface area (TPSA) is 131 Å². The standard InChI is InChI=1S/C21H18N8O/c1-13(14-5-3-2-4-6-14)25-21(30)27-19-9-18-17(12-24-19)20(29-28-18)26-16-8-7-15(10-22)23-11-16/h2-9,11-13H,1H3,(H2,26,28,29)(H2,24,25,27,30). The lowest BCUT2D eigenvalue weighted by molar-refractivity contribution is 0.249. The maximum absolute atomic E-state index is 12.3. The van der Waals surface area contributed by atoms with Crippen LogP contribution < -0.4 is 16.0 Å². The van der Waals surface area contributed by atoms with Crippen LogP contribution in [0.4, 0.5) is 22.1 Å². The highest BCUT2D eigenvalue weighted by Crippen LogP contribution is 2.24. The molecule has 0 aliphatic heterocycles. The zero-order chi connectivity index (χ0) is 20.9. The number of nitriles is 1. The molecule has 1 unspecified atom stereocenters. The zero-order valence-electron chi connectivity index (χ0n) is 16.0. The van der Waals surface area contributed by atoms with Crippen LogP contribution in [0.15, 0.2) is 60.9 Å². The number of amides is 2. The molecule has 0 aliphatic rings. The highest BCUT2D eigenvalue weighted by Gasteiger charge is 2.12. The fraction of sp³-hybridized carbons (Fsp3) is 0.0952. The molecule has 0 saturated heterocycles. The summed E-state index contributed by atoms with van der Waals surface area (Å²) in [6.07, 6.45) is 3.18. The van der Waals surface area contributed by atoms with Crippen molar-refractivity contribution in [2.75, 3.05) is 10.6 Å². The van der Waals surface area contributed by atoms with Crippen LogP contribution in [0.1, 0.15) is 24.2 Å². The number of carbonyl (C=O) groups excluding carboxylic acids is 1. The van der Waals surface area contributed by atoms with Gasteiger partial charge in [0.05, 0.1) is 28.8 Å². The Kier molecular flexibility index (Phi) is 5.21. The molecule has 9 nitrogen and oxygen atoms in total. The van der Waals surface area contributed by atoms with Crippen LogP contribution in [-0.4, -0.2) is 26.2 Å². The quantitative estimate of drug-likeness (QED) is 0.404. The fourth-order valence-corrected chi connectivity index (χ4v) is 2.92. The molecule has 0 bridgehead atoms. The number of carbonyl (C=O) groups is 1. The summed E-state index contributed by atoms with van der Waals surface area (Å²) in [6.45, 7) is 1.91. The second kappa shape index (κ2) is 8.28. The van der Waals surface area contributed by atoms with Gasteiger partial charge >= 0.3 is 6.03 Å². The molecule has 0 aliphatic carbocycles. The lowest BCUT2D eigenvalue weighted by Crippen LogP contribution is -2.31. The first-order chi connectivity index (χ1) is 14.6. The largest absolute Gasteiger partial charge is 0.337 e. The number of urea groups is 1. The molecule has 4 N–H and O–H groups in total. The van der Waals surface area contributed by atoms with Gasteiger partial charge in [-0.05, 0) is 24.6 Å². The number of hydrogen-bond donors (Lipinski definition) is 4. The Balaban J connectivity index is 1.44. The lowest BCUT2D eigenvalue weighted by Gasteiger charge is -2.14. The Morgan fingerprint density at radius 3 is 2.70 bits per heavy atom. The van der Waals surface area contributed by atoms with Gasteiger partial charge in [-0.2, -0.15) is 10.4 Å². The molecule has 0 fully saturated rings. The molecule has 30 heavy (non-hydrogen) atoms. The van der Waals surface area contributed by atoms with Crippen LogP contribution in [0, 0.1) is 11.3 Å². The van der Waals surface area contributed by atoms with Gasteiger partial charge in [0.15, 0.2) is 5.82 Å². The van der Waals surface area contributed by atoms with Crippen molar-refractivity contribution < 1.29 is 4.79 Å². The first-order valence-electron chi connectivity index (χ1n) is 9.22. The minimum atomic E-state index is -0.347. The van der Waals surface area contributed by atoms with Crippen molar-refractivity contribution >= 4 is 34.3 Å². The van der Waals surface area contributed by atoms with Crippen LogP contribution in [0.5, 0.6) is 0 Å². The summed E-state index contributed by atoms with van der Waals surface area (Å²) >= 11 is 0. The molecule has 9 heteroatoms. The number of aromatic nitrogens is 4. The SMILES string of the molecule is CC(NC(=O)Nc1cc2[nH]nc(Nc3ccc(C#N)nc3)c2cn1)c1ccccc1. The summed E-state index contributed by atoms with van der Waals surface area (Å²) in [5, 5.41) is 25.5. The molecule has 4 rings (SSSR count). The molecule has 4 aromatic rings. The maximum atomic E-state index is 12.3. The number of anilines is 3. The van der Waals surface area contributed by atoms with Gasteiger partial charge in [-0.3, -0.25) is 10.4 Å². The average Bonchev–Trinajstić information content (AvgIpc) is 3.16. The zero-order valence-corrected chi connectivity index (χ0v) is 16.0. The summed E-state index contributed by atoms with van der Waals surface area (Å²) in [5.74, 6) is 0.966.